The maximum Gasteiger partial charge on any atom is 0.410 e. The molecule has 4 rings (SSSR count). The third-order valence-corrected chi connectivity index (χ3v) is 5.95. The number of benzene rings is 2. The van der Waals surface area contributed by atoms with Crippen molar-refractivity contribution in [3.05, 3.63) is 89.6 Å². The second-order valence-corrected chi connectivity index (χ2v) is 9.40. The fraction of sp³-hybridized carbons (Fsp3) is 0.345. The van der Waals surface area contributed by atoms with E-state index in [2.05, 4.69) is 11.1 Å². The van der Waals surface area contributed by atoms with Crippen LogP contribution >= 0.6 is 0 Å². The molecule has 1 fully saturated rings. The van der Waals surface area contributed by atoms with E-state index in [9.17, 15) is 9.90 Å². The average molecular weight is 472 g/mol. The van der Waals surface area contributed by atoms with Crippen LogP contribution in [0.2, 0.25) is 0 Å². The number of nitrogens with zero attached hydrogens (tertiary/aromatic N) is 3. The Morgan fingerprint density at radius 3 is 2.20 bits per heavy atom. The molecular formula is C29H33N3O3. The molecule has 0 bridgehead atoms. The van der Waals surface area contributed by atoms with Crippen molar-refractivity contribution in [2.45, 2.75) is 58.3 Å². The summed E-state index contributed by atoms with van der Waals surface area (Å²) in [5, 5.41) is 19.0. The van der Waals surface area contributed by atoms with Crippen molar-refractivity contribution >= 4 is 6.09 Å². The number of carbonyl (C=O) groups is 1. The second kappa shape index (κ2) is 11.6. The number of pyridine rings is 1. The van der Waals surface area contributed by atoms with E-state index >= 15 is 0 Å². The molecule has 2 atom stereocenters. The van der Waals surface area contributed by atoms with Crippen LogP contribution in [-0.2, 0) is 4.74 Å². The van der Waals surface area contributed by atoms with Crippen molar-refractivity contribution in [1.82, 2.24) is 9.88 Å². The van der Waals surface area contributed by atoms with Crippen LogP contribution in [0, 0.1) is 18.3 Å². The van der Waals surface area contributed by atoms with E-state index in [1.807, 2.05) is 80.6 Å². The Hall–Kier alpha value is -3.69. The topological polar surface area (TPSA) is 86.5 Å². The van der Waals surface area contributed by atoms with Crippen LogP contribution in [0.5, 0.6) is 0 Å². The molecule has 1 unspecified atom stereocenters. The van der Waals surface area contributed by atoms with Crippen LogP contribution in [0.4, 0.5) is 4.79 Å². The highest BCUT2D eigenvalue weighted by atomic mass is 16.6. The minimum atomic E-state index is -0.855. The zero-order chi connectivity index (χ0) is 25.4. The fourth-order valence-corrected chi connectivity index (χ4v) is 4.03. The van der Waals surface area contributed by atoms with Crippen molar-refractivity contribution in [2.75, 3.05) is 6.54 Å². The van der Waals surface area contributed by atoms with Gasteiger partial charge in [0.1, 0.15) is 12.2 Å². The number of cyclic esters (lactones) is 1. The van der Waals surface area contributed by atoms with Crippen LogP contribution in [0.25, 0.3) is 11.3 Å². The number of rotatable bonds is 5. The third kappa shape index (κ3) is 7.40. The first-order valence-electron chi connectivity index (χ1n) is 11.9. The van der Waals surface area contributed by atoms with Gasteiger partial charge in [-0.05, 0) is 45.4 Å². The van der Waals surface area contributed by atoms with Gasteiger partial charge in [-0.25, -0.2) is 4.79 Å². The van der Waals surface area contributed by atoms with Gasteiger partial charge in [-0.15, -0.1) is 0 Å². The van der Waals surface area contributed by atoms with Crippen LogP contribution in [-0.4, -0.2) is 39.3 Å². The van der Waals surface area contributed by atoms with Gasteiger partial charge in [-0.1, -0.05) is 60.7 Å². The number of hydrogen-bond acceptors (Lipinski definition) is 5. The number of amides is 1. The molecule has 2 heterocycles. The molecule has 0 spiro atoms. The first-order chi connectivity index (χ1) is 16.7. The predicted molar refractivity (Wildman–Crippen MR) is 136 cm³/mol. The minimum Gasteiger partial charge on any atom is -0.446 e. The molecule has 1 aromatic heterocycles. The zero-order valence-electron chi connectivity index (χ0n) is 20.8. The molecule has 35 heavy (non-hydrogen) atoms. The predicted octanol–water partition coefficient (Wildman–Crippen LogP) is 6.05. The Morgan fingerprint density at radius 2 is 1.71 bits per heavy atom. The Balaban J connectivity index is 0.000000497. The molecular weight excluding hydrogens is 438 g/mol. The number of hydrogen-bond donors (Lipinski definition) is 1. The van der Waals surface area contributed by atoms with E-state index in [4.69, 9.17) is 10.00 Å². The van der Waals surface area contributed by atoms with Crippen molar-refractivity contribution < 1.29 is 14.6 Å². The van der Waals surface area contributed by atoms with Gasteiger partial charge >= 0.3 is 6.09 Å². The molecule has 0 aliphatic carbocycles. The summed E-state index contributed by atoms with van der Waals surface area (Å²) in [6.45, 7) is 7.85. The van der Waals surface area contributed by atoms with Gasteiger partial charge in [-0.2, -0.15) is 5.26 Å². The summed E-state index contributed by atoms with van der Waals surface area (Å²) in [5.41, 5.74) is 3.21. The molecule has 6 nitrogen and oxygen atoms in total. The number of aromatic nitrogens is 1. The summed E-state index contributed by atoms with van der Waals surface area (Å²) < 4.78 is 5.54. The average Bonchev–Trinajstić information content (AvgIpc) is 2.84. The number of aliphatic hydroxyl groups is 1. The highest BCUT2D eigenvalue weighted by Crippen LogP contribution is 2.29. The summed E-state index contributed by atoms with van der Waals surface area (Å²) in [6.07, 6.45) is 0.546. The molecule has 182 valence electrons. The number of carbonyl (C=O) groups excluding carboxylic acids is 1. The Kier molecular flexibility index (Phi) is 8.62. The van der Waals surface area contributed by atoms with E-state index in [1.165, 1.54) is 0 Å². The van der Waals surface area contributed by atoms with Gasteiger partial charge in [0.25, 0.3) is 0 Å². The number of ether oxygens (including phenoxy) is 1. The van der Waals surface area contributed by atoms with Gasteiger partial charge in [0.15, 0.2) is 0 Å². The van der Waals surface area contributed by atoms with Crippen LogP contribution < -0.4 is 0 Å². The lowest BCUT2D eigenvalue weighted by Gasteiger charge is -2.37. The summed E-state index contributed by atoms with van der Waals surface area (Å²) >= 11 is 0. The van der Waals surface area contributed by atoms with Gasteiger partial charge < -0.3 is 14.7 Å². The van der Waals surface area contributed by atoms with Crippen molar-refractivity contribution in [1.29, 1.82) is 5.26 Å². The molecule has 3 aromatic rings. The largest absolute Gasteiger partial charge is 0.446 e. The first kappa shape index (κ1) is 25.9. The van der Waals surface area contributed by atoms with Crippen molar-refractivity contribution in [2.24, 2.45) is 0 Å². The Bertz CT molecular complexity index is 1120. The highest BCUT2D eigenvalue weighted by Gasteiger charge is 2.33. The van der Waals surface area contributed by atoms with E-state index in [0.29, 0.717) is 30.6 Å². The van der Waals surface area contributed by atoms with Crippen LogP contribution in [0.15, 0.2) is 72.8 Å². The Morgan fingerprint density at radius 1 is 1.11 bits per heavy atom. The van der Waals surface area contributed by atoms with E-state index in [0.717, 1.165) is 16.8 Å². The minimum absolute atomic E-state index is 0.115. The van der Waals surface area contributed by atoms with E-state index in [1.54, 1.807) is 24.8 Å². The van der Waals surface area contributed by atoms with Crippen molar-refractivity contribution in [3.8, 4) is 17.3 Å². The lowest BCUT2D eigenvalue weighted by Crippen LogP contribution is -2.45. The maximum atomic E-state index is 12.5. The SMILES string of the molecule is Cc1nc(-c2ccc(C(C)N3CC[C@@H](CC(C)(C)O)OC3=O)cc2)ccc1C#N.c1ccccc1. The quantitative estimate of drug-likeness (QED) is 0.490. The number of nitriles is 1. The van der Waals surface area contributed by atoms with Crippen molar-refractivity contribution in [3.63, 3.8) is 0 Å². The lowest BCUT2D eigenvalue weighted by atomic mass is 9.97. The van der Waals surface area contributed by atoms with Gasteiger partial charge in [-0.3, -0.25) is 4.98 Å². The number of aryl methyl sites for hydroxylation is 1. The Labute approximate surface area is 207 Å². The molecule has 1 amide bonds. The molecule has 1 aliphatic heterocycles. The van der Waals surface area contributed by atoms with Gasteiger partial charge in [0.05, 0.1) is 28.6 Å². The summed E-state index contributed by atoms with van der Waals surface area (Å²) in [6, 6.07) is 25.6. The van der Waals surface area contributed by atoms with Gasteiger partial charge in [0, 0.05) is 24.9 Å². The normalized spacial score (nSPS) is 16.4. The second-order valence-electron chi connectivity index (χ2n) is 9.40. The molecule has 6 heteroatoms. The smallest absolute Gasteiger partial charge is 0.410 e. The van der Waals surface area contributed by atoms with Crippen LogP contribution in [0.3, 0.4) is 0 Å². The summed E-state index contributed by atoms with van der Waals surface area (Å²) in [7, 11) is 0. The standard InChI is InChI=1S/C23H27N3O3.C6H6/c1-15-19(14-24)9-10-21(25-15)18-7-5-17(6-8-18)16(2)26-12-11-20(29-22(26)27)13-23(3,4)28;1-2-4-6-5-3-1/h5-10,16,20,28H,11-13H2,1-4H3;1-6H/t16?,20-;/m0./s1. The van der Waals surface area contributed by atoms with Gasteiger partial charge in [0.2, 0.25) is 0 Å². The fourth-order valence-electron chi connectivity index (χ4n) is 4.03. The molecule has 1 N–H and O–H groups in total. The third-order valence-electron chi connectivity index (χ3n) is 5.95. The molecule has 0 saturated carbocycles. The molecule has 1 saturated heterocycles. The highest BCUT2D eigenvalue weighted by molar-refractivity contribution is 5.69. The molecule has 1 aliphatic rings. The summed E-state index contributed by atoms with van der Waals surface area (Å²) in [5.74, 6) is 0. The lowest BCUT2D eigenvalue weighted by molar-refractivity contribution is -0.0309. The maximum absolute atomic E-state index is 12.5. The molecule has 0 radical (unpaired) electrons. The van der Waals surface area contributed by atoms with Crippen LogP contribution in [0.1, 0.15) is 56.5 Å². The first-order valence-corrected chi connectivity index (χ1v) is 11.9. The molecule has 2 aromatic carbocycles. The van der Waals surface area contributed by atoms with E-state index < -0.39 is 5.60 Å². The monoisotopic (exact) mass is 471 g/mol. The zero-order valence-corrected chi connectivity index (χ0v) is 20.8. The summed E-state index contributed by atoms with van der Waals surface area (Å²) in [4.78, 5) is 18.7. The van der Waals surface area contributed by atoms with E-state index in [-0.39, 0.29) is 18.2 Å².